The maximum atomic E-state index is 12.4. The predicted octanol–water partition coefficient (Wildman–Crippen LogP) is 2.15. The molecule has 1 saturated carbocycles. The molecule has 0 radical (unpaired) electrons. The number of carbonyl (C=O) groups is 2. The van der Waals surface area contributed by atoms with Crippen molar-refractivity contribution in [1.82, 2.24) is 0 Å². The second-order valence-electron chi connectivity index (χ2n) is 6.21. The molecule has 4 nitrogen and oxygen atoms in total. The van der Waals surface area contributed by atoms with Gasteiger partial charge in [-0.15, -0.1) is 0 Å². The summed E-state index contributed by atoms with van der Waals surface area (Å²) in [6.45, 7) is 7.48. The number of hydrogen-bond acceptors (Lipinski definition) is 3. The molecule has 2 aliphatic rings. The molecule has 3 rings (SSSR count). The summed E-state index contributed by atoms with van der Waals surface area (Å²) in [5, 5.41) is 9.65. The van der Waals surface area contributed by atoms with Crippen molar-refractivity contribution in [2.75, 3.05) is 4.90 Å². The molecule has 1 N–H and O–H groups in total. The molecule has 1 saturated heterocycles. The van der Waals surface area contributed by atoms with Crippen LogP contribution in [0.15, 0.2) is 12.1 Å². The van der Waals surface area contributed by atoms with Crippen LogP contribution < -0.4 is 4.90 Å². The summed E-state index contributed by atoms with van der Waals surface area (Å²) in [7, 11) is 0. The van der Waals surface area contributed by atoms with Gasteiger partial charge < -0.3 is 5.11 Å². The number of carbonyl (C=O) groups excluding carboxylic acids is 2. The highest BCUT2D eigenvalue weighted by molar-refractivity contribution is 6.26. The van der Waals surface area contributed by atoms with E-state index < -0.39 is 0 Å². The molecular weight excluding hydrogens is 242 g/mol. The maximum Gasteiger partial charge on any atom is 0.238 e. The fourth-order valence-electron chi connectivity index (χ4n) is 3.21. The molecule has 2 fully saturated rings. The van der Waals surface area contributed by atoms with Gasteiger partial charge in [0.15, 0.2) is 0 Å². The number of amides is 2. The molecule has 0 aromatic heterocycles. The SMILES string of the molecule is Cc1cc(N2C(=O)C3C(C2=O)C3(C)C)c(C)cc1O. The molecule has 1 aromatic rings. The van der Waals surface area contributed by atoms with E-state index in [1.165, 1.54) is 4.90 Å². The molecule has 2 atom stereocenters. The molecular formula is C15H17NO3. The average Bonchev–Trinajstić information content (AvgIpc) is 2.76. The van der Waals surface area contributed by atoms with Gasteiger partial charge in [-0.05, 0) is 42.5 Å². The number of rotatable bonds is 1. The standard InChI is InChI=1S/C15H17NO3/c1-7-6-10(17)8(2)5-9(7)16-13(18)11-12(14(16)19)15(11,3)4/h5-6,11-12,17H,1-4H3. The minimum Gasteiger partial charge on any atom is -0.508 e. The zero-order chi connectivity index (χ0) is 14.1. The van der Waals surface area contributed by atoms with Gasteiger partial charge in [0.25, 0.3) is 0 Å². The monoisotopic (exact) mass is 259 g/mol. The Kier molecular flexibility index (Phi) is 2.17. The molecule has 19 heavy (non-hydrogen) atoms. The number of benzene rings is 1. The summed E-state index contributed by atoms with van der Waals surface area (Å²) in [4.78, 5) is 26.0. The van der Waals surface area contributed by atoms with E-state index in [1.54, 1.807) is 26.0 Å². The second-order valence-corrected chi connectivity index (χ2v) is 6.21. The summed E-state index contributed by atoms with van der Waals surface area (Å²) < 4.78 is 0. The number of phenolic OH excluding ortho intramolecular Hbond substituents is 1. The molecule has 1 heterocycles. The number of aryl methyl sites for hydroxylation is 2. The Bertz CT molecular complexity index is 594. The van der Waals surface area contributed by atoms with E-state index in [1.807, 2.05) is 13.8 Å². The molecule has 1 aliphatic heterocycles. The van der Waals surface area contributed by atoms with E-state index in [2.05, 4.69) is 0 Å². The lowest BCUT2D eigenvalue weighted by atomic mass is 10.0. The molecule has 2 unspecified atom stereocenters. The third-order valence-corrected chi connectivity index (χ3v) is 4.56. The van der Waals surface area contributed by atoms with Crippen LogP contribution in [0.1, 0.15) is 25.0 Å². The quantitative estimate of drug-likeness (QED) is 0.786. The number of piperidine rings is 1. The number of aromatic hydroxyl groups is 1. The van der Waals surface area contributed by atoms with E-state index in [9.17, 15) is 14.7 Å². The number of hydrogen-bond donors (Lipinski definition) is 1. The van der Waals surface area contributed by atoms with Gasteiger partial charge in [0.05, 0.1) is 17.5 Å². The van der Waals surface area contributed by atoms with Crippen LogP contribution in [0.5, 0.6) is 5.75 Å². The van der Waals surface area contributed by atoms with Crippen LogP contribution in [0.3, 0.4) is 0 Å². The highest BCUT2D eigenvalue weighted by Crippen LogP contribution is 2.63. The van der Waals surface area contributed by atoms with E-state index in [0.717, 1.165) is 5.56 Å². The van der Waals surface area contributed by atoms with Crippen molar-refractivity contribution in [3.05, 3.63) is 23.3 Å². The van der Waals surface area contributed by atoms with Crippen molar-refractivity contribution in [2.45, 2.75) is 27.7 Å². The van der Waals surface area contributed by atoms with Crippen LogP contribution >= 0.6 is 0 Å². The minimum atomic E-state index is -0.190. The van der Waals surface area contributed by atoms with Gasteiger partial charge in [0.2, 0.25) is 11.8 Å². The summed E-state index contributed by atoms with van der Waals surface area (Å²) in [5.74, 6) is -0.366. The van der Waals surface area contributed by atoms with Gasteiger partial charge in [-0.1, -0.05) is 13.8 Å². The summed E-state index contributed by atoms with van der Waals surface area (Å²) in [6.07, 6.45) is 0. The van der Waals surface area contributed by atoms with Crippen LogP contribution in [0.25, 0.3) is 0 Å². The van der Waals surface area contributed by atoms with Gasteiger partial charge in [-0.2, -0.15) is 0 Å². The Hall–Kier alpha value is -1.84. The molecule has 4 heteroatoms. The van der Waals surface area contributed by atoms with Crippen molar-refractivity contribution >= 4 is 17.5 Å². The first kappa shape index (κ1) is 12.2. The first-order chi connectivity index (χ1) is 8.76. The molecule has 100 valence electrons. The molecule has 0 spiro atoms. The van der Waals surface area contributed by atoms with Crippen molar-refractivity contribution in [1.29, 1.82) is 0 Å². The lowest BCUT2D eigenvalue weighted by Gasteiger charge is -2.23. The van der Waals surface area contributed by atoms with E-state index in [0.29, 0.717) is 11.3 Å². The van der Waals surface area contributed by atoms with Crippen molar-refractivity contribution in [2.24, 2.45) is 17.3 Å². The third kappa shape index (κ3) is 1.40. The van der Waals surface area contributed by atoms with Crippen LogP contribution in [0.4, 0.5) is 5.69 Å². The summed E-state index contributed by atoms with van der Waals surface area (Å²) >= 11 is 0. The number of anilines is 1. The van der Waals surface area contributed by atoms with Crippen molar-refractivity contribution < 1.29 is 14.7 Å². The van der Waals surface area contributed by atoms with E-state index in [4.69, 9.17) is 0 Å². The third-order valence-electron chi connectivity index (χ3n) is 4.56. The number of imide groups is 1. The molecule has 1 aromatic carbocycles. The van der Waals surface area contributed by atoms with Crippen molar-refractivity contribution in [3.63, 3.8) is 0 Å². The zero-order valence-corrected chi connectivity index (χ0v) is 11.5. The van der Waals surface area contributed by atoms with Gasteiger partial charge in [-0.25, -0.2) is 4.90 Å². The Labute approximate surface area is 112 Å². The maximum absolute atomic E-state index is 12.4. The lowest BCUT2D eigenvalue weighted by molar-refractivity contribution is -0.125. The first-order valence-electron chi connectivity index (χ1n) is 6.45. The normalized spacial score (nSPS) is 27.7. The first-order valence-corrected chi connectivity index (χ1v) is 6.45. The Morgan fingerprint density at radius 1 is 1.05 bits per heavy atom. The van der Waals surface area contributed by atoms with Crippen LogP contribution in [-0.2, 0) is 9.59 Å². The van der Waals surface area contributed by atoms with Crippen LogP contribution in [0.2, 0.25) is 0 Å². The molecule has 0 bridgehead atoms. The predicted molar refractivity (Wildman–Crippen MR) is 70.8 cm³/mol. The zero-order valence-electron chi connectivity index (χ0n) is 11.5. The second kappa shape index (κ2) is 3.38. The Balaban J connectivity index is 2.04. The highest BCUT2D eigenvalue weighted by atomic mass is 16.3. The minimum absolute atomic E-state index is 0.104. The smallest absolute Gasteiger partial charge is 0.238 e. The van der Waals surface area contributed by atoms with Crippen molar-refractivity contribution in [3.8, 4) is 5.75 Å². The fourth-order valence-corrected chi connectivity index (χ4v) is 3.21. The summed E-state index contributed by atoms with van der Waals surface area (Å²) in [5.41, 5.74) is 1.82. The molecule has 2 amide bonds. The lowest BCUT2D eigenvalue weighted by Crippen LogP contribution is -2.36. The topological polar surface area (TPSA) is 57.6 Å². The number of nitrogens with zero attached hydrogens (tertiary/aromatic N) is 1. The number of phenols is 1. The fraction of sp³-hybridized carbons (Fsp3) is 0.467. The molecule has 1 aliphatic carbocycles. The van der Waals surface area contributed by atoms with E-state index in [-0.39, 0.29) is 34.8 Å². The summed E-state index contributed by atoms with van der Waals surface area (Å²) in [6, 6.07) is 3.30. The van der Waals surface area contributed by atoms with Crippen LogP contribution in [0, 0.1) is 31.1 Å². The van der Waals surface area contributed by atoms with E-state index >= 15 is 0 Å². The van der Waals surface area contributed by atoms with Crippen LogP contribution in [-0.4, -0.2) is 16.9 Å². The van der Waals surface area contributed by atoms with Gasteiger partial charge >= 0.3 is 0 Å². The Morgan fingerprint density at radius 2 is 1.58 bits per heavy atom. The average molecular weight is 259 g/mol. The largest absolute Gasteiger partial charge is 0.508 e. The van der Waals surface area contributed by atoms with Gasteiger partial charge in [0, 0.05) is 0 Å². The Morgan fingerprint density at radius 3 is 2.11 bits per heavy atom. The van der Waals surface area contributed by atoms with Gasteiger partial charge in [0.1, 0.15) is 5.75 Å². The van der Waals surface area contributed by atoms with Gasteiger partial charge in [-0.3, -0.25) is 9.59 Å². The highest BCUT2D eigenvalue weighted by Gasteiger charge is 2.72. The number of fused-ring (bicyclic) bond motifs is 1.